The van der Waals surface area contributed by atoms with Crippen LogP contribution in [0.15, 0.2) is 48.5 Å². The summed E-state index contributed by atoms with van der Waals surface area (Å²) >= 11 is 0. The third-order valence-corrected chi connectivity index (χ3v) is 5.96. The zero-order valence-electron chi connectivity index (χ0n) is 17.0. The number of fused-ring (bicyclic) bond motifs is 3. The first-order chi connectivity index (χ1) is 13.5. The molecule has 4 heteroatoms. The third-order valence-electron chi connectivity index (χ3n) is 5.96. The molecule has 0 saturated heterocycles. The van der Waals surface area contributed by atoms with Gasteiger partial charge in [0.15, 0.2) is 0 Å². The SMILES string of the molecule is C[C@H]1CCc2[nH]c3ccc(C(=O)NC[C@H](c4ccccc4)N(C)C)cc3c2C1. The molecule has 0 unspecified atom stereocenters. The number of rotatable bonds is 5. The van der Waals surface area contributed by atoms with Crippen LogP contribution in [0.4, 0.5) is 0 Å². The van der Waals surface area contributed by atoms with Crippen molar-refractivity contribution in [3.05, 3.63) is 70.9 Å². The van der Waals surface area contributed by atoms with Crippen LogP contribution in [-0.2, 0) is 12.8 Å². The van der Waals surface area contributed by atoms with Gasteiger partial charge in [0.1, 0.15) is 0 Å². The van der Waals surface area contributed by atoms with E-state index in [0.717, 1.165) is 23.9 Å². The number of carbonyl (C=O) groups is 1. The Kier molecular flexibility index (Phi) is 5.23. The lowest BCUT2D eigenvalue weighted by atomic mass is 9.87. The van der Waals surface area contributed by atoms with Crippen LogP contribution < -0.4 is 5.32 Å². The number of benzene rings is 2. The van der Waals surface area contributed by atoms with Gasteiger partial charge >= 0.3 is 0 Å². The van der Waals surface area contributed by atoms with E-state index in [1.54, 1.807) is 0 Å². The minimum Gasteiger partial charge on any atom is -0.358 e. The lowest BCUT2D eigenvalue weighted by Crippen LogP contribution is -2.34. The fourth-order valence-electron chi connectivity index (χ4n) is 4.30. The monoisotopic (exact) mass is 375 g/mol. The van der Waals surface area contributed by atoms with Gasteiger partial charge in [-0.2, -0.15) is 0 Å². The highest BCUT2D eigenvalue weighted by atomic mass is 16.1. The molecule has 0 bridgehead atoms. The molecule has 1 aliphatic carbocycles. The second-order valence-corrected chi connectivity index (χ2v) is 8.29. The van der Waals surface area contributed by atoms with E-state index < -0.39 is 0 Å². The maximum atomic E-state index is 12.9. The van der Waals surface area contributed by atoms with E-state index in [2.05, 4.69) is 40.3 Å². The summed E-state index contributed by atoms with van der Waals surface area (Å²) in [4.78, 5) is 18.6. The zero-order valence-corrected chi connectivity index (χ0v) is 17.0. The van der Waals surface area contributed by atoms with Crippen LogP contribution in [0.2, 0.25) is 0 Å². The topological polar surface area (TPSA) is 48.1 Å². The molecule has 0 saturated carbocycles. The fourth-order valence-corrected chi connectivity index (χ4v) is 4.30. The van der Waals surface area contributed by atoms with Gasteiger partial charge in [0.05, 0.1) is 6.04 Å². The van der Waals surface area contributed by atoms with Gasteiger partial charge in [0.2, 0.25) is 0 Å². The van der Waals surface area contributed by atoms with Crippen molar-refractivity contribution in [3.63, 3.8) is 0 Å². The van der Waals surface area contributed by atoms with Crippen LogP contribution in [0.3, 0.4) is 0 Å². The molecule has 0 spiro atoms. The van der Waals surface area contributed by atoms with E-state index in [0.29, 0.717) is 12.5 Å². The zero-order chi connectivity index (χ0) is 19.7. The average Bonchev–Trinajstić information content (AvgIpc) is 3.05. The molecule has 1 amide bonds. The molecular weight excluding hydrogens is 346 g/mol. The predicted molar refractivity (Wildman–Crippen MR) is 115 cm³/mol. The number of hydrogen-bond donors (Lipinski definition) is 2. The molecule has 4 rings (SSSR count). The Labute approximate surface area is 166 Å². The van der Waals surface area contributed by atoms with E-state index in [9.17, 15) is 4.79 Å². The quantitative estimate of drug-likeness (QED) is 0.697. The molecule has 3 aromatic rings. The van der Waals surface area contributed by atoms with Crippen LogP contribution in [0, 0.1) is 5.92 Å². The van der Waals surface area contributed by atoms with Crippen LogP contribution in [0.1, 0.15) is 46.6 Å². The standard InChI is InChI=1S/C24H29N3O/c1-16-9-11-21-19(13-16)20-14-18(10-12-22(20)26-21)24(28)25-15-23(27(2)3)17-7-5-4-6-8-17/h4-8,10,12,14,16,23,26H,9,11,13,15H2,1-3H3,(H,25,28)/t16-,23+/m0/s1. The van der Waals surface area contributed by atoms with Crippen molar-refractivity contribution in [2.45, 2.75) is 32.2 Å². The van der Waals surface area contributed by atoms with Crippen molar-refractivity contribution in [1.82, 2.24) is 15.2 Å². The van der Waals surface area contributed by atoms with Gasteiger partial charge in [-0.3, -0.25) is 4.79 Å². The largest absolute Gasteiger partial charge is 0.358 e. The molecule has 0 aliphatic heterocycles. The van der Waals surface area contributed by atoms with Gasteiger partial charge in [-0.15, -0.1) is 0 Å². The summed E-state index contributed by atoms with van der Waals surface area (Å²) in [5.74, 6) is 0.694. The number of nitrogens with zero attached hydrogens (tertiary/aromatic N) is 1. The Morgan fingerprint density at radius 3 is 2.75 bits per heavy atom. The Morgan fingerprint density at radius 2 is 2.00 bits per heavy atom. The van der Waals surface area contributed by atoms with Gasteiger partial charge in [0, 0.05) is 28.7 Å². The first-order valence-electron chi connectivity index (χ1n) is 10.2. The van der Waals surface area contributed by atoms with E-state index in [1.165, 1.54) is 28.6 Å². The van der Waals surface area contributed by atoms with Crippen LogP contribution in [0.5, 0.6) is 0 Å². The number of hydrogen-bond acceptors (Lipinski definition) is 2. The maximum absolute atomic E-state index is 12.9. The maximum Gasteiger partial charge on any atom is 0.251 e. The molecular formula is C24H29N3O. The third kappa shape index (κ3) is 3.69. The summed E-state index contributed by atoms with van der Waals surface area (Å²) < 4.78 is 0. The number of amides is 1. The summed E-state index contributed by atoms with van der Waals surface area (Å²) in [6.07, 6.45) is 3.43. The Morgan fingerprint density at radius 1 is 1.21 bits per heavy atom. The summed E-state index contributed by atoms with van der Waals surface area (Å²) in [6.45, 7) is 2.89. The van der Waals surface area contributed by atoms with E-state index >= 15 is 0 Å². The van der Waals surface area contributed by atoms with Crippen molar-refractivity contribution in [3.8, 4) is 0 Å². The second-order valence-electron chi connectivity index (χ2n) is 8.29. The molecule has 2 atom stereocenters. The molecule has 146 valence electrons. The minimum absolute atomic E-state index is 0.0107. The van der Waals surface area contributed by atoms with Crippen LogP contribution in [-0.4, -0.2) is 36.4 Å². The normalized spacial score (nSPS) is 17.5. The summed E-state index contributed by atoms with van der Waals surface area (Å²) in [5, 5.41) is 4.34. The molecule has 1 heterocycles. The Bertz CT molecular complexity index is 974. The van der Waals surface area contributed by atoms with Gasteiger partial charge in [0.25, 0.3) is 5.91 Å². The van der Waals surface area contributed by atoms with Crippen molar-refractivity contribution in [1.29, 1.82) is 0 Å². The highest BCUT2D eigenvalue weighted by molar-refractivity contribution is 5.99. The summed E-state index contributed by atoms with van der Waals surface area (Å²) in [7, 11) is 4.09. The highest BCUT2D eigenvalue weighted by Gasteiger charge is 2.21. The number of likely N-dealkylation sites (N-methyl/N-ethyl adjacent to an activating group) is 1. The van der Waals surface area contributed by atoms with Gasteiger partial charge in [-0.25, -0.2) is 0 Å². The van der Waals surface area contributed by atoms with Gasteiger partial charge in [-0.1, -0.05) is 37.3 Å². The summed E-state index contributed by atoms with van der Waals surface area (Å²) in [5.41, 5.74) is 5.84. The number of aryl methyl sites for hydroxylation is 1. The van der Waals surface area contributed by atoms with Crippen molar-refractivity contribution in [2.75, 3.05) is 20.6 Å². The Balaban J connectivity index is 1.53. The number of aromatic amines is 1. The molecule has 2 N–H and O–H groups in total. The molecule has 0 radical (unpaired) electrons. The van der Waals surface area contributed by atoms with Crippen molar-refractivity contribution in [2.24, 2.45) is 5.92 Å². The van der Waals surface area contributed by atoms with E-state index in [4.69, 9.17) is 0 Å². The lowest BCUT2D eigenvalue weighted by Gasteiger charge is -2.25. The minimum atomic E-state index is -0.0107. The van der Waals surface area contributed by atoms with Gasteiger partial charge in [-0.05, 0) is 68.6 Å². The molecule has 2 aromatic carbocycles. The van der Waals surface area contributed by atoms with E-state index in [-0.39, 0.29) is 11.9 Å². The van der Waals surface area contributed by atoms with E-state index in [1.807, 2.05) is 44.4 Å². The fraction of sp³-hybridized carbons (Fsp3) is 0.375. The van der Waals surface area contributed by atoms with Crippen LogP contribution >= 0.6 is 0 Å². The number of H-pyrrole nitrogens is 1. The second kappa shape index (κ2) is 7.80. The molecule has 1 aliphatic rings. The molecule has 28 heavy (non-hydrogen) atoms. The first-order valence-corrected chi connectivity index (χ1v) is 10.2. The smallest absolute Gasteiger partial charge is 0.251 e. The number of aromatic nitrogens is 1. The van der Waals surface area contributed by atoms with Crippen molar-refractivity contribution >= 4 is 16.8 Å². The molecule has 1 aromatic heterocycles. The van der Waals surface area contributed by atoms with Crippen LogP contribution in [0.25, 0.3) is 10.9 Å². The Hall–Kier alpha value is -2.59. The number of nitrogens with one attached hydrogen (secondary N) is 2. The molecule has 0 fully saturated rings. The lowest BCUT2D eigenvalue weighted by molar-refractivity contribution is 0.0942. The highest BCUT2D eigenvalue weighted by Crippen LogP contribution is 2.32. The first kappa shape index (κ1) is 18.8. The van der Waals surface area contributed by atoms with Crippen molar-refractivity contribution < 1.29 is 4.79 Å². The predicted octanol–water partition coefficient (Wildman–Crippen LogP) is 4.33. The molecule has 4 nitrogen and oxygen atoms in total. The van der Waals surface area contributed by atoms with Gasteiger partial charge < -0.3 is 15.2 Å². The number of carbonyl (C=O) groups excluding carboxylic acids is 1. The average molecular weight is 376 g/mol. The summed E-state index contributed by atoms with van der Waals surface area (Å²) in [6, 6.07) is 16.5.